The molecular formula is C26H26F4N8O3S. The van der Waals surface area contributed by atoms with Gasteiger partial charge in [-0.2, -0.15) is 23.1 Å². The van der Waals surface area contributed by atoms with Gasteiger partial charge in [0.25, 0.3) is 0 Å². The number of nitrogens with zero attached hydrogens (tertiary/aromatic N) is 4. The molecule has 0 aliphatic carbocycles. The Morgan fingerprint density at radius 3 is 2.67 bits per heavy atom. The van der Waals surface area contributed by atoms with E-state index in [4.69, 9.17) is 20.2 Å². The zero-order valence-corrected chi connectivity index (χ0v) is 23.1. The van der Waals surface area contributed by atoms with Gasteiger partial charge in [0.1, 0.15) is 17.3 Å². The number of carbonyl (C=O) groups is 1. The topological polar surface area (TPSA) is 165 Å². The third kappa shape index (κ3) is 5.72. The maximum absolute atomic E-state index is 14.5. The van der Waals surface area contributed by atoms with E-state index < -0.39 is 22.9 Å². The molecule has 0 spiro atoms. The number of aromatic nitrogens is 4. The third-order valence-electron chi connectivity index (χ3n) is 6.85. The van der Waals surface area contributed by atoms with Gasteiger partial charge < -0.3 is 31.4 Å². The Bertz CT molecular complexity index is 1740. The number of hydrogen-bond acceptors (Lipinski definition) is 9. The lowest BCUT2D eigenvalue weighted by atomic mass is 9.98. The maximum atomic E-state index is 14.5. The number of pyridine rings is 1. The van der Waals surface area contributed by atoms with Crippen LogP contribution in [0, 0.1) is 5.82 Å². The number of H-pyrrole nitrogens is 1. The van der Waals surface area contributed by atoms with Gasteiger partial charge in [-0.3, -0.25) is 9.78 Å². The summed E-state index contributed by atoms with van der Waals surface area (Å²) < 4.78 is 64.8. The minimum absolute atomic E-state index is 0.117. The number of nitrogens with two attached hydrogens (primary N) is 2. The molecule has 0 radical (unpaired) electrons. The number of alkyl halides is 3. The molecule has 222 valence electrons. The fourth-order valence-corrected chi connectivity index (χ4v) is 5.84. The first-order valence-corrected chi connectivity index (χ1v) is 13.9. The summed E-state index contributed by atoms with van der Waals surface area (Å²) in [5.41, 5.74) is 12.6. The van der Waals surface area contributed by atoms with Crippen LogP contribution < -0.4 is 26.4 Å². The second-order valence-electron chi connectivity index (χ2n) is 9.75. The predicted molar refractivity (Wildman–Crippen MR) is 150 cm³/mol. The van der Waals surface area contributed by atoms with E-state index in [1.807, 2.05) is 0 Å². The van der Waals surface area contributed by atoms with Crippen molar-refractivity contribution in [3.8, 4) is 11.8 Å². The van der Waals surface area contributed by atoms with Crippen LogP contribution in [0.4, 0.5) is 29.1 Å². The van der Waals surface area contributed by atoms with Gasteiger partial charge in [-0.15, -0.1) is 0 Å². The van der Waals surface area contributed by atoms with Crippen molar-refractivity contribution in [2.45, 2.75) is 42.9 Å². The van der Waals surface area contributed by atoms with E-state index >= 15 is 0 Å². The van der Waals surface area contributed by atoms with Crippen LogP contribution in [0.3, 0.4) is 0 Å². The molecule has 1 aromatic carbocycles. The average molecular weight is 607 g/mol. The molecule has 2 unspecified atom stereocenters. The molecule has 4 aromatic rings. The number of hydrogen-bond donors (Lipinski definition) is 4. The molecule has 0 bridgehead atoms. The molecule has 5 heterocycles. The van der Waals surface area contributed by atoms with E-state index in [-0.39, 0.29) is 23.9 Å². The number of aromatic amines is 1. The minimum Gasteiger partial charge on any atom is -0.423 e. The Kier molecular flexibility index (Phi) is 7.76. The molecule has 42 heavy (non-hydrogen) atoms. The largest absolute Gasteiger partial charge is 0.470 e. The van der Waals surface area contributed by atoms with Gasteiger partial charge >= 0.3 is 18.1 Å². The van der Waals surface area contributed by atoms with Crippen molar-refractivity contribution < 1.29 is 31.3 Å². The van der Waals surface area contributed by atoms with E-state index in [1.165, 1.54) is 12.1 Å². The molecule has 1 amide bonds. The van der Waals surface area contributed by atoms with Gasteiger partial charge in [-0.05, 0) is 38.0 Å². The Morgan fingerprint density at radius 1 is 1.26 bits per heavy atom. The highest BCUT2D eigenvalue weighted by atomic mass is 32.2. The number of benzene rings is 1. The van der Waals surface area contributed by atoms with Gasteiger partial charge in [0.2, 0.25) is 0 Å². The SMILES string of the molecule is CNc1cc(F)cc2c1[nH]c1nc(Oc3cnc4c(c3)S(=O)C=C4)nc(N3CCC(N)C[C@@H]3C)c12.NC(=O)C(F)(F)F. The summed E-state index contributed by atoms with van der Waals surface area (Å²) in [6.45, 7) is 2.81. The third-order valence-corrected chi connectivity index (χ3v) is 8.00. The van der Waals surface area contributed by atoms with Crippen molar-refractivity contribution >= 4 is 56.2 Å². The number of carbonyl (C=O) groups excluding carboxylic acids is 1. The second-order valence-corrected chi connectivity index (χ2v) is 11.1. The molecule has 2 aliphatic heterocycles. The number of amides is 1. The van der Waals surface area contributed by atoms with Crippen molar-refractivity contribution in [3.05, 3.63) is 41.3 Å². The smallest absolute Gasteiger partial charge is 0.423 e. The molecule has 11 nitrogen and oxygen atoms in total. The molecule has 1 saturated heterocycles. The normalized spacial score (nSPS) is 19.9. The van der Waals surface area contributed by atoms with Crippen LogP contribution in [0.2, 0.25) is 0 Å². The number of nitrogens with one attached hydrogen (secondary N) is 2. The van der Waals surface area contributed by atoms with Gasteiger partial charge in [-0.1, -0.05) is 0 Å². The molecule has 6 rings (SSSR count). The van der Waals surface area contributed by atoms with Crippen LogP contribution in [0.1, 0.15) is 25.5 Å². The Labute approximate surface area is 238 Å². The van der Waals surface area contributed by atoms with E-state index in [1.54, 1.807) is 30.8 Å². The summed E-state index contributed by atoms with van der Waals surface area (Å²) in [6, 6.07) is 4.99. The van der Waals surface area contributed by atoms with Crippen LogP contribution in [0.5, 0.6) is 11.8 Å². The van der Waals surface area contributed by atoms with Crippen molar-refractivity contribution in [3.63, 3.8) is 0 Å². The van der Waals surface area contributed by atoms with Crippen molar-refractivity contribution in [1.29, 1.82) is 0 Å². The van der Waals surface area contributed by atoms with E-state index in [0.29, 0.717) is 45.4 Å². The molecule has 3 atom stereocenters. The summed E-state index contributed by atoms with van der Waals surface area (Å²) in [6.07, 6.45) is 0.0498. The van der Waals surface area contributed by atoms with Gasteiger partial charge in [0, 0.05) is 42.5 Å². The predicted octanol–water partition coefficient (Wildman–Crippen LogP) is 3.92. The summed E-state index contributed by atoms with van der Waals surface area (Å²) in [4.78, 5) is 28.9. The first kappa shape index (κ1) is 29.2. The number of primary amides is 1. The van der Waals surface area contributed by atoms with Crippen LogP contribution in [0.25, 0.3) is 28.0 Å². The highest BCUT2D eigenvalue weighted by molar-refractivity contribution is 7.88. The van der Waals surface area contributed by atoms with Gasteiger partial charge in [-0.25, -0.2) is 8.60 Å². The average Bonchev–Trinajstić information content (AvgIpc) is 3.47. The van der Waals surface area contributed by atoms with Crippen molar-refractivity contribution in [1.82, 2.24) is 19.9 Å². The Morgan fingerprint density at radius 2 is 2.00 bits per heavy atom. The second kappa shape index (κ2) is 11.2. The molecule has 1 fully saturated rings. The Balaban J connectivity index is 0.000000451. The number of fused-ring (bicyclic) bond motifs is 4. The zero-order valence-electron chi connectivity index (χ0n) is 22.3. The minimum atomic E-state index is -4.86. The molecule has 3 aromatic heterocycles. The number of rotatable bonds is 4. The van der Waals surface area contributed by atoms with Gasteiger partial charge in [0.05, 0.1) is 44.2 Å². The van der Waals surface area contributed by atoms with Crippen LogP contribution in [0.15, 0.2) is 34.7 Å². The highest BCUT2D eigenvalue weighted by Gasteiger charge is 2.35. The number of ether oxygens (including phenoxy) is 1. The first-order chi connectivity index (χ1) is 19.8. The lowest BCUT2D eigenvalue weighted by Gasteiger charge is -2.37. The summed E-state index contributed by atoms with van der Waals surface area (Å²) in [5, 5.41) is 6.05. The summed E-state index contributed by atoms with van der Waals surface area (Å²) in [5.74, 6) is -1.57. The number of anilines is 2. The van der Waals surface area contributed by atoms with Crippen LogP contribution in [-0.4, -0.2) is 61.9 Å². The fourth-order valence-electron chi connectivity index (χ4n) is 4.88. The molecular weight excluding hydrogens is 580 g/mol. The molecule has 6 N–H and O–H groups in total. The lowest BCUT2D eigenvalue weighted by molar-refractivity contribution is -0.169. The molecule has 0 saturated carbocycles. The monoisotopic (exact) mass is 606 g/mol. The van der Waals surface area contributed by atoms with Crippen LogP contribution >= 0.6 is 0 Å². The van der Waals surface area contributed by atoms with Crippen LogP contribution in [-0.2, 0) is 15.6 Å². The van der Waals surface area contributed by atoms with Crippen molar-refractivity contribution in [2.75, 3.05) is 23.8 Å². The standard InChI is InChI=1S/C24H24FN7O2S.C2H2F3NO/c1-12-7-14(26)3-5-32(12)23-20-16-8-13(25)9-18(27-2)21(16)29-22(20)30-24(31-23)34-15-10-19-17(28-11-15)4-6-35(19)33;3-2(4,5)1(6)7/h4,6,8-12,14,27H,3,5,7,26H2,1-2H3,(H,29,30,31);(H2,6,7)/t12-,14?,35?;/m0./s1. The zero-order chi connectivity index (χ0) is 30.3. The number of piperidine rings is 1. The highest BCUT2D eigenvalue weighted by Crippen LogP contribution is 2.39. The quantitative estimate of drug-likeness (QED) is 0.252. The molecule has 16 heteroatoms. The van der Waals surface area contributed by atoms with E-state index in [9.17, 15) is 21.8 Å². The fraction of sp³-hybridized carbons (Fsp3) is 0.308. The molecule has 2 aliphatic rings. The first-order valence-electron chi connectivity index (χ1n) is 12.7. The van der Waals surface area contributed by atoms with Crippen molar-refractivity contribution in [2.24, 2.45) is 11.5 Å². The lowest BCUT2D eigenvalue weighted by Crippen LogP contribution is -2.46. The Hall–Kier alpha value is -4.31. The summed E-state index contributed by atoms with van der Waals surface area (Å²) in [7, 11) is 0.491. The van der Waals surface area contributed by atoms with Gasteiger partial charge in [0.15, 0.2) is 5.75 Å². The number of halogens is 4. The maximum Gasteiger partial charge on any atom is 0.470 e. The summed E-state index contributed by atoms with van der Waals surface area (Å²) >= 11 is 0. The van der Waals surface area contributed by atoms with E-state index in [2.05, 4.69) is 37.8 Å². The van der Waals surface area contributed by atoms with E-state index in [0.717, 1.165) is 23.7 Å².